The molecule has 1 nitrogen and oxygen atoms in total. The van der Waals surface area contributed by atoms with E-state index in [4.69, 9.17) is 0 Å². The summed E-state index contributed by atoms with van der Waals surface area (Å²) in [6.07, 6.45) is 4.01. The van der Waals surface area contributed by atoms with Crippen LogP contribution in [0.5, 0.6) is 0 Å². The Labute approximate surface area is 115 Å². The summed E-state index contributed by atoms with van der Waals surface area (Å²) in [6.45, 7) is 7.01. The molecular formula is C16H23NS. The van der Waals surface area contributed by atoms with Gasteiger partial charge in [0.05, 0.1) is 0 Å². The average Bonchev–Trinajstić information content (AvgIpc) is 2.71. The molecule has 3 rings (SSSR count). The quantitative estimate of drug-likeness (QED) is 0.824. The molecule has 0 bridgehead atoms. The highest BCUT2D eigenvalue weighted by atomic mass is 32.2. The summed E-state index contributed by atoms with van der Waals surface area (Å²) in [7, 11) is 0. The van der Waals surface area contributed by atoms with Crippen molar-refractivity contribution >= 4 is 11.8 Å². The Morgan fingerprint density at radius 3 is 2.89 bits per heavy atom. The number of fused-ring (bicyclic) bond motifs is 1. The van der Waals surface area contributed by atoms with Crippen LogP contribution >= 0.6 is 11.8 Å². The topological polar surface area (TPSA) is 12.0 Å². The molecule has 1 N–H and O–H groups in total. The van der Waals surface area contributed by atoms with Gasteiger partial charge in [-0.15, -0.1) is 11.8 Å². The van der Waals surface area contributed by atoms with Crippen molar-refractivity contribution in [3.05, 3.63) is 29.3 Å². The molecule has 1 atom stereocenters. The number of thioether (sulfide) groups is 1. The molecule has 2 aliphatic heterocycles. The lowest BCUT2D eigenvalue weighted by molar-refractivity contribution is 0.311. The van der Waals surface area contributed by atoms with Crippen molar-refractivity contribution in [1.29, 1.82) is 0 Å². The van der Waals surface area contributed by atoms with E-state index in [0.29, 0.717) is 11.3 Å². The molecule has 1 aromatic rings. The molecule has 1 spiro atoms. The van der Waals surface area contributed by atoms with Gasteiger partial charge in [-0.05, 0) is 60.1 Å². The minimum atomic E-state index is 0.549. The van der Waals surface area contributed by atoms with Crippen molar-refractivity contribution in [3.8, 4) is 0 Å². The molecule has 0 aromatic heterocycles. The van der Waals surface area contributed by atoms with Crippen LogP contribution in [-0.2, 0) is 6.42 Å². The maximum absolute atomic E-state index is 3.57. The zero-order valence-electron chi connectivity index (χ0n) is 11.5. The van der Waals surface area contributed by atoms with Gasteiger partial charge in [0.2, 0.25) is 0 Å². The van der Waals surface area contributed by atoms with Crippen molar-refractivity contribution in [3.63, 3.8) is 0 Å². The van der Waals surface area contributed by atoms with E-state index in [9.17, 15) is 0 Å². The first-order valence-corrected chi connectivity index (χ1v) is 8.13. The lowest BCUT2D eigenvalue weighted by Crippen LogP contribution is -2.26. The molecule has 98 valence electrons. The summed E-state index contributed by atoms with van der Waals surface area (Å²) in [5.41, 5.74) is 3.65. The van der Waals surface area contributed by atoms with Crippen LogP contribution in [0.4, 0.5) is 0 Å². The minimum absolute atomic E-state index is 0.549. The SMILES string of the molecule is CC(C)c1ccc2c(c1)CC1(CCNC1)CCS2. The van der Waals surface area contributed by atoms with Crippen LogP contribution in [-0.4, -0.2) is 18.8 Å². The maximum Gasteiger partial charge on any atom is 0.0104 e. The zero-order chi connectivity index (χ0) is 12.6. The Kier molecular flexibility index (Phi) is 3.42. The average molecular weight is 261 g/mol. The molecule has 0 aliphatic carbocycles. The molecule has 1 saturated heterocycles. The number of hydrogen-bond donors (Lipinski definition) is 1. The van der Waals surface area contributed by atoms with E-state index < -0.39 is 0 Å². The van der Waals surface area contributed by atoms with E-state index in [0.717, 1.165) is 0 Å². The van der Waals surface area contributed by atoms with Gasteiger partial charge in [-0.3, -0.25) is 0 Å². The molecule has 2 heteroatoms. The van der Waals surface area contributed by atoms with E-state index in [1.807, 2.05) is 0 Å². The second kappa shape index (κ2) is 4.90. The van der Waals surface area contributed by atoms with Gasteiger partial charge in [-0.25, -0.2) is 0 Å². The Hall–Kier alpha value is -0.470. The standard InChI is InChI=1S/C16H23NS/c1-12(2)13-3-4-15-14(9-13)10-16(6-8-18-15)5-7-17-11-16/h3-4,9,12,17H,5-8,10-11H2,1-2H3. The lowest BCUT2D eigenvalue weighted by Gasteiger charge is -2.26. The van der Waals surface area contributed by atoms with Gasteiger partial charge in [0.25, 0.3) is 0 Å². The van der Waals surface area contributed by atoms with Crippen LogP contribution in [0.15, 0.2) is 23.1 Å². The molecule has 1 fully saturated rings. The molecule has 0 amide bonds. The summed E-state index contributed by atoms with van der Waals surface area (Å²) in [6, 6.07) is 7.15. The third kappa shape index (κ3) is 2.33. The first-order valence-electron chi connectivity index (χ1n) is 7.15. The number of nitrogens with one attached hydrogen (secondary N) is 1. The predicted octanol–water partition coefficient (Wildman–Crippen LogP) is 3.83. The fourth-order valence-electron chi connectivity index (χ4n) is 3.27. The van der Waals surface area contributed by atoms with Crippen molar-refractivity contribution in [2.24, 2.45) is 5.41 Å². The van der Waals surface area contributed by atoms with Gasteiger partial charge >= 0.3 is 0 Å². The summed E-state index contributed by atoms with van der Waals surface area (Å²) < 4.78 is 0. The monoisotopic (exact) mass is 261 g/mol. The Bertz CT molecular complexity index is 433. The van der Waals surface area contributed by atoms with Crippen molar-refractivity contribution in [2.45, 2.75) is 43.9 Å². The number of hydrogen-bond acceptors (Lipinski definition) is 2. The van der Waals surface area contributed by atoms with Gasteiger partial charge in [-0.2, -0.15) is 0 Å². The van der Waals surface area contributed by atoms with E-state index in [-0.39, 0.29) is 0 Å². The third-order valence-corrected chi connectivity index (χ3v) is 5.66. The number of benzene rings is 1. The summed E-state index contributed by atoms with van der Waals surface area (Å²) >= 11 is 2.06. The van der Waals surface area contributed by atoms with E-state index in [2.05, 4.69) is 49.1 Å². The normalized spacial score (nSPS) is 27.5. The van der Waals surface area contributed by atoms with Crippen molar-refractivity contribution in [1.82, 2.24) is 5.32 Å². The lowest BCUT2D eigenvalue weighted by atomic mass is 9.78. The second-order valence-corrected chi connectivity index (χ2v) is 7.36. The van der Waals surface area contributed by atoms with Crippen LogP contribution in [0.3, 0.4) is 0 Å². The summed E-state index contributed by atoms with van der Waals surface area (Å²) in [5, 5.41) is 3.57. The molecule has 18 heavy (non-hydrogen) atoms. The molecule has 0 saturated carbocycles. The predicted molar refractivity (Wildman–Crippen MR) is 79.5 cm³/mol. The first kappa shape index (κ1) is 12.6. The smallest absolute Gasteiger partial charge is 0.0104 e. The first-order chi connectivity index (χ1) is 8.69. The zero-order valence-corrected chi connectivity index (χ0v) is 12.3. The van der Waals surface area contributed by atoms with Crippen LogP contribution in [0, 0.1) is 5.41 Å². The highest BCUT2D eigenvalue weighted by Gasteiger charge is 2.35. The van der Waals surface area contributed by atoms with E-state index in [1.165, 1.54) is 48.6 Å². The van der Waals surface area contributed by atoms with Crippen LogP contribution in [0.2, 0.25) is 0 Å². The number of rotatable bonds is 1. The van der Waals surface area contributed by atoms with Gasteiger partial charge < -0.3 is 5.32 Å². The Balaban J connectivity index is 1.94. The summed E-state index contributed by atoms with van der Waals surface area (Å²) in [5.74, 6) is 1.93. The molecule has 1 aromatic carbocycles. The van der Waals surface area contributed by atoms with E-state index >= 15 is 0 Å². The van der Waals surface area contributed by atoms with Gasteiger partial charge in [0, 0.05) is 11.4 Å². The van der Waals surface area contributed by atoms with Crippen molar-refractivity contribution < 1.29 is 0 Å². The fourth-order valence-corrected chi connectivity index (χ4v) is 4.50. The van der Waals surface area contributed by atoms with Crippen LogP contribution in [0.1, 0.15) is 43.7 Å². The maximum atomic E-state index is 3.57. The molecular weight excluding hydrogens is 238 g/mol. The second-order valence-electron chi connectivity index (χ2n) is 6.22. The van der Waals surface area contributed by atoms with Crippen LogP contribution in [0.25, 0.3) is 0 Å². The Morgan fingerprint density at radius 1 is 1.28 bits per heavy atom. The van der Waals surface area contributed by atoms with E-state index in [1.54, 1.807) is 5.56 Å². The highest BCUT2D eigenvalue weighted by Crippen LogP contribution is 2.42. The minimum Gasteiger partial charge on any atom is -0.316 e. The Morgan fingerprint density at radius 2 is 2.17 bits per heavy atom. The largest absolute Gasteiger partial charge is 0.316 e. The molecule has 0 radical (unpaired) electrons. The molecule has 1 unspecified atom stereocenters. The summed E-state index contributed by atoms with van der Waals surface area (Å²) in [4.78, 5) is 1.53. The fraction of sp³-hybridized carbons (Fsp3) is 0.625. The van der Waals surface area contributed by atoms with Gasteiger partial charge in [0.1, 0.15) is 0 Å². The van der Waals surface area contributed by atoms with Gasteiger partial charge in [-0.1, -0.05) is 26.0 Å². The van der Waals surface area contributed by atoms with Crippen LogP contribution < -0.4 is 5.32 Å². The highest BCUT2D eigenvalue weighted by molar-refractivity contribution is 7.99. The molecule has 2 aliphatic rings. The molecule has 2 heterocycles. The third-order valence-electron chi connectivity index (χ3n) is 4.54. The van der Waals surface area contributed by atoms with Crippen molar-refractivity contribution in [2.75, 3.05) is 18.8 Å². The van der Waals surface area contributed by atoms with Gasteiger partial charge in [0.15, 0.2) is 0 Å².